The molecule has 1 saturated heterocycles. The van der Waals surface area contributed by atoms with Crippen molar-refractivity contribution >= 4 is 0 Å². The number of aromatic nitrogens is 3. The zero-order valence-corrected chi connectivity index (χ0v) is 9.32. The summed E-state index contributed by atoms with van der Waals surface area (Å²) >= 11 is 0. The Labute approximate surface area is 99.0 Å². The molecular weight excluding hydrogens is 218 g/mol. The van der Waals surface area contributed by atoms with Crippen molar-refractivity contribution in [3.8, 4) is 0 Å². The van der Waals surface area contributed by atoms with E-state index < -0.39 is 5.79 Å². The van der Waals surface area contributed by atoms with Gasteiger partial charge in [0, 0.05) is 5.56 Å². The third kappa shape index (κ3) is 1.94. The first-order valence-corrected chi connectivity index (χ1v) is 5.57. The van der Waals surface area contributed by atoms with Gasteiger partial charge in [0.05, 0.1) is 25.6 Å². The summed E-state index contributed by atoms with van der Waals surface area (Å²) in [5.41, 5.74) is 0.995. The minimum Gasteiger partial charge on any atom is -0.342 e. The van der Waals surface area contributed by atoms with E-state index in [-0.39, 0.29) is 0 Å². The van der Waals surface area contributed by atoms with Crippen molar-refractivity contribution in [2.75, 3.05) is 13.2 Å². The molecule has 0 amide bonds. The van der Waals surface area contributed by atoms with Crippen molar-refractivity contribution < 1.29 is 9.47 Å². The van der Waals surface area contributed by atoms with Crippen molar-refractivity contribution in [3.63, 3.8) is 0 Å². The van der Waals surface area contributed by atoms with Crippen molar-refractivity contribution in [1.82, 2.24) is 15.0 Å². The number of hydrogen-bond donors (Lipinski definition) is 0. The Balaban J connectivity index is 1.93. The van der Waals surface area contributed by atoms with Gasteiger partial charge in [-0.05, 0) is 0 Å². The number of hydrogen-bond acceptors (Lipinski definition) is 4. The van der Waals surface area contributed by atoms with Gasteiger partial charge < -0.3 is 9.47 Å². The molecule has 1 fully saturated rings. The molecule has 0 bridgehead atoms. The number of nitrogens with zero attached hydrogens (tertiary/aromatic N) is 3. The summed E-state index contributed by atoms with van der Waals surface area (Å²) in [6.45, 7) is 1.65. The molecule has 0 N–H and O–H groups in total. The van der Waals surface area contributed by atoms with Crippen LogP contribution in [0.2, 0.25) is 0 Å². The molecule has 5 heteroatoms. The molecule has 17 heavy (non-hydrogen) atoms. The van der Waals surface area contributed by atoms with Crippen molar-refractivity contribution in [2.24, 2.45) is 0 Å². The molecule has 0 saturated carbocycles. The van der Waals surface area contributed by atoms with Gasteiger partial charge in [-0.25, -0.2) is 0 Å². The second kappa shape index (κ2) is 4.27. The zero-order chi connectivity index (χ0) is 11.6. The van der Waals surface area contributed by atoms with Gasteiger partial charge in [0.25, 0.3) is 0 Å². The standard InChI is InChI=1S/C12H13N3O2/c1-2-4-11(5-3-1)12(16-8-9-17-12)10-15-13-6-7-14-15/h1-7H,8-10H2. The normalized spacial score (nSPS) is 18.4. The molecule has 0 atom stereocenters. The first-order chi connectivity index (χ1) is 8.39. The molecule has 1 aromatic heterocycles. The summed E-state index contributed by atoms with van der Waals surface area (Å²) < 4.78 is 11.6. The topological polar surface area (TPSA) is 49.2 Å². The minimum absolute atomic E-state index is 0.462. The molecule has 5 nitrogen and oxygen atoms in total. The van der Waals surface area contributed by atoms with Gasteiger partial charge in [-0.3, -0.25) is 0 Å². The second-order valence-electron chi connectivity index (χ2n) is 3.88. The van der Waals surface area contributed by atoms with Crippen molar-refractivity contribution in [2.45, 2.75) is 12.3 Å². The van der Waals surface area contributed by atoms with Crippen LogP contribution >= 0.6 is 0 Å². The Morgan fingerprint density at radius 3 is 2.35 bits per heavy atom. The number of benzene rings is 1. The predicted molar refractivity (Wildman–Crippen MR) is 60.0 cm³/mol. The van der Waals surface area contributed by atoms with E-state index in [2.05, 4.69) is 10.2 Å². The largest absolute Gasteiger partial charge is 0.342 e. The summed E-state index contributed by atoms with van der Waals surface area (Å²) in [7, 11) is 0. The average molecular weight is 231 g/mol. The monoisotopic (exact) mass is 231 g/mol. The molecule has 3 rings (SSSR count). The summed E-state index contributed by atoms with van der Waals surface area (Å²) in [6.07, 6.45) is 3.29. The third-order valence-electron chi connectivity index (χ3n) is 2.78. The van der Waals surface area contributed by atoms with Gasteiger partial charge in [-0.2, -0.15) is 15.0 Å². The van der Waals surface area contributed by atoms with E-state index in [0.29, 0.717) is 19.8 Å². The molecular formula is C12H13N3O2. The van der Waals surface area contributed by atoms with Gasteiger partial charge in [0.2, 0.25) is 5.79 Å². The lowest BCUT2D eigenvalue weighted by Gasteiger charge is -2.26. The fourth-order valence-electron chi connectivity index (χ4n) is 2.01. The fourth-order valence-corrected chi connectivity index (χ4v) is 2.01. The van der Waals surface area contributed by atoms with E-state index in [9.17, 15) is 0 Å². The lowest BCUT2D eigenvalue weighted by Crippen LogP contribution is -2.33. The van der Waals surface area contributed by atoms with E-state index in [0.717, 1.165) is 5.56 Å². The van der Waals surface area contributed by atoms with E-state index in [1.165, 1.54) is 0 Å². The smallest absolute Gasteiger partial charge is 0.217 e. The van der Waals surface area contributed by atoms with Crippen LogP contribution in [0.1, 0.15) is 5.56 Å². The van der Waals surface area contributed by atoms with Gasteiger partial charge >= 0.3 is 0 Å². The molecule has 0 unspecified atom stereocenters. The fraction of sp³-hybridized carbons (Fsp3) is 0.333. The summed E-state index contributed by atoms with van der Waals surface area (Å²) in [4.78, 5) is 1.58. The molecule has 1 aliphatic heterocycles. The molecule has 2 heterocycles. The Kier molecular flexibility index (Phi) is 2.62. The van der Waals surface area contributed by atoms with Gasteiger partial charge in [0.15, 0.2) is 0 Å². The van der Waals surface area contributed by atoms with E-state index in [1.54, 1.807) is 17.2 Å². The van der Waals surface area contributed by atoms with E-state index in [4.69, 9.17) is 9.47 Å². The maximum Gasteiger partial charge on any atom is 0.217 e. The van der Waals surface area contributed by atoms with Gasteiger partial charge in [0.1, 0.15) is 6.54 Å². The molecule has 0 spiro atoms. The van der Waals surface area contributed by atoms with Gasteiger partial charge in [-0.15, -0.1) is 0 Å². The first-order valence-electron chi connectivity index (χ1n) is 5.57. The third-order valence-corrected chi connectivity index (χ3v) is 2.78. The van der Waals surface area contributed by atoms with Crippen LogP contribution in [0.15, 0.2) is 42.7 Å². The van der Waals surface area contributed by atoms with Gasteiger partial charge in [-0.1, -0.05) is 30.3 Å². The molecule has 1 aromatic carbocycles. The average Bonchev–Trinajstić information content (AvgIpc) is 3.03. The van der Waals surface area contributed by atoms with Crippen molar-refractivity contribution in [1.29, 1.82) is 0 Å². The summed E-state index contributed by atoms with van der Waals surface area (Å²) in [5.74, 6) is -0.750. The maximum absolute atomic E-state index is 5.78. The zero-order valence-electron chi connectivity index (χ0n) is 9.32. The molecule has 0 aliphatic carbocycles. The molecule has 2 aromatic rings. The van der Waals surface area contributed by atoms with Crippen LogP contribution in [0.5, 0.6) is 0 Å². The highest BCUT2D eigenvalue weighted by Crippen LogP contribution is 2.32. The molecule has 1 aliphatic rings. The number of rotatable bonds is 3. The lowest BCUT2D eigenvalue weighted by atomic mass is 10.1. The predicted octanol–water partition coefficient (Wildman–Crippen LogP) is 1.18. The minimum atomic E-state index is -0.750. The lowest BCUT2D eigenvalue weighted by molar-refractivity contribution is -0.179. The Hall–Kier alpha value is -1.72. The van der Waals surface area contributed by atoms with E-state index in [1.807, 2.05) is 30.3 Å². The van der Waals surface area contributed by atoms with Crippen LogP contribution in [0.4, 0.5) is 0 Å². The Morgan fingerprint density at radius 1 is 1.06 bits per heavy atom. The highest BCUT2D eigenvalue weighted by atomic mass is 16.7. The SMILES string of the molecule is c1ccc(C2(Cn3nccn3)OCCO2)cc1. The van der Waals surface area contributed by atoms with Crippen LogP contribution in [0.3, 0.4) is 0 Å². The second-order valence-corrected chi connectivity index (χ2v) is 3.88. The highest BCUT2D eigenvalue weighted by molar-refractivity contribution is 5.20. The van der Waals surface area contributed by atoms with Crippen LogP contribution in [0, 0.1) is 0 Å². The Morgan fingerprint density at radius 2 is 1.71 bits per heavy atom. The molecule has 0 radical (unpaired) electrons. The molecule has 88 valence electrons. The highest BCUT2D eigenvalue weighted by Gasteiger charge is 2.39. The van der Waals surface area contributed by atoms with Crippen LogP contribution < -0.4 is 0 Å². The quantitative estimate of drug-likeness (QED) is 0.795. The first kappa shape index (κ1) is 10.4. The summed E-state index contributed by atoms with van der Waals surface area (Å²) in [5, 5.41) is 8.19. The van der Waals surface area contributed by atoms with Crippen LogP contribution in [-0.4, -0.2) is 28.2 Å². The summed E-state index contributed by atoms with van der Waals surface area (Å²) in [6, 6.07) is 9.90. The van der Waals surface area contributed by atoms with Crippen molar-refractivity contribution in [3.05, 3.63) is 48.3 Å². The van der Waals surface area contributed by atoms with Crippen LogP contribution in [-0.2, 0) is 21.8 Å². The maximum atomic E-state index is 5.78. The van der Waals surface area contributed by atoms with E-state index >= 15 is 0 Å². The van der Waals surface area contributed by atoms with Crippen LogP contribution in [0.25, 0.3) is 0 Å². The number of ether oxygens (including phenoxy) is 2. The Bertz CT molecular complexity index is 464.